The third-order valence-electron chi connectivity index (χ3n) is 5.08. The Labute approximate surface area is 254 Å². The molecule has 0 radical (unpaired) electrons. The van der Waals surface area contributed by atoms with E-state index in [4.69, 9.17) is 52.2 Å². The lowest BCUT2D eigenvalue weighted by Gasteiger charge is -2.35. The summed E-state index contributed by atoms with van der Waals surface area (Å²) >= 11 is 0. The fourth-order valence-corrected chi connectivity index (χ4v) is 4.83. The molecule has 14 heteroatoms. The van der Waals surface area contributed by atoms with Gasteiger partial charge in [0.25, 0.3) is 8.53 Å². The van der Waals surface area contributed by atoms with Crippen LogP contribution in [0.15, 0.2) is 0 Å². The highest BCUT2D eigenvalue weighted by molar-refractivity contribution is 7.44. The first-order valence-corrected chi connectivity index (χ1v) is 15.9. The van der Waals surface area contributed by atoms with Gasteiger partial charge in [-0.2, -0.15) is 5.26 Å². The molecule has 0 N–H and O–H groups in total. The lowest BCUT2D eigenvalue weighted by molar-refractivity contribution is -0.109. The third-order valence-corrected chi connectivity index (χ3v) is 7.18. The number of carbonyl (C=O) groups is 1. The Hall–Kier alpha value is -0.850. The standard InChI is InChI=1S/C28H55N2O11P/c1-27(2)30(28(3)4)42(40-10-5-7-29)41-26-25-39-24-23-38-22-21-37-20-19-36-18-17-35-16-15-34-14-13-33-12-11-32-9-6-8-31/h8,27-28H,5-6,9-26H2,1-4H3. The van der Waals surface area contributed by atoms with Gasteiger partial charge in [-0.15, -0.1) is 0 Å². The van der Waals surface area contributed by atoms with Crippen molar-refractivity contribution in [2.75, 3.05) is 119 Å². The molecule has 1 atom stereocenters. The summed E-state index contributed by atoms with van der Waals surface area (Å²) < 4.78 is 57.5. The highest BCUT2D eigenvalue weighted by Crippen LogP contribution is 2.45. The Balaban J connectivity index is 3.41. The van der Waals surface area contributed by atoms with E-state index in [-0.39, 0.29) is 12.1 Å². The zero-order valence-corrected chi connectivity index (χ0v) is 27.1. The number of rotatable bonds is 34. The molecule has 13 nitrogen and oxygen atoms in total. The number of hydrogen-bond acceptors (Lipinski definition) is 13. The molecule has 0 rings (SSSR count). The molecule has 0 aliphatic rings. The molecule has 0 spiro atoms. The van der Waals surface area contributed by atoms with Gasteiger partial charge in [0, 0.05) is 18.5 Å². The van der Waals surface area contributed by atoms with Gasteiger partial charge in [-0.3, -0.25) is 0 Å². The average Bonchev–Trinajstić information content (AvgIpc) is 2.96. The first-order chi connectivity index (χ1) is 20.5. The van der Waals surface area contributed by atoms with Crippen molar-refractivity contribution >= 4 is 14.8 Å². The van der Waals surface area contributed by atoms with E-state index in [1.165, 1.54) is 0 Å². The largest absolute Gasteiger partial charge is 0.379 e. The van der Waals surface area contributed by atoms with Gasteiger partial charge < -0.3 is 51.7 Å². The molecule has 0 saturated carbocycles. The summed E-state index contributed by atoms with van der Waals surface area (Å²) in [7, 11) is -1.24. The van der Waals surface area contributed by atoms with Gasteiger partial charge >= 0.3 is 0 Å². The van der Waals surface area contributed by atoms with E-state index in [9.17, 15) is 4.79 Å². The highest BCUT2D eigenvalue weighted by atomic mass is 31.2. The Bertz CT molecular complexity index is 607. The molecular formula is C28H55N2O11P. The minimum Gasteiger partial charge on any atom is -0.379 e. The van der Waals surface area contributed by atoms with Gasteiger partial charge in [0.15, 0.2) is 0 Å². The van der Waals surface area contributed by atoms with Crippen LogP contribution in [0.1, 0.15) is 40.5 Å². The zero-order valence-electron chi connectivity index (χ0n) is 26.2. The summed E-state index contributed by atoms with van der Waals surface area (Å²) in [5.41, 5.74) is 0. The van der Waals surface area contributed by atoms with Crippen LogP contribution in [0, 0.1) is 11.3 Å². The highest BCUT2D eigenvalue weighted by Gasteiger charge is 2.26. The van der Waals surface area contributed by atoms with Crippen LogP contribution in [0.3, 0.4) is 0 Å². The molecule has 0 bridgehead atoms. The Morgan fingerprint density at radius 1 is 0.548 bits per heavy atom. The predicted molar refractivity (Wildman–Crippen MR) is 158 cm³/mol. The SMILES string of the molecule is CC(C)N(C(C)C)P(OCCC#N)OCCOCCOCCOCCOCCOCCOCCOCCOCCC=O. The van der Waals surface area contributed by atoms with Crippen molar-refractivity contribution in [2.45, 2.75) is 52.6 Å². The number of aldehydes is 1. The third kappa shape index (κ3) is 28.0. The van der Waals surface area contributed by atoms with Crippen molar-refractivity contribution in [1.29, 1.82) is 5.26 Å². The molecular weight excluding hydrogens is 571 g/mol. The monoisotopic (exact) mass is 626 g/mol. The van der Waals surface area contributed by atoms with Crippen molar-refractivity contribution in [2.24, 2.45) is 0 Å². The van der Waals surface area contributed by atoms with Gasteiger partial charge in [-0.25, -0.2) is 4.67 Å². The summed E-state index contributed by atoms with van der Waals surface area (Å²) in [6.07, 6.45) is 1.58. The number of nitriles is 1. The van der Waals surface area contributed by atoms with Crippen LogP contribution in [0.5, 0.6) is 0 Å². The van der Waals surface area contributed by atoms with E-state index in [0.29, 0.717) is 132 Å². The molecule has 0 aromatic carbocycles. The minimum atomic E-state index is -1.24. The Morgan fingerprint density at radius 2 is 0.857 bits per heavy atom. The van der Waals surface area contributed by atoms with Crippen LogP contribution in [-0.4, -0.2) is 142 Å². The minimum absolute atomic E-state index is 0.266. The number of ether oxygens (including phenoxy) is 8. The molecule has 0 amide bonds. The van der Waals surface area contributed by atoms with Crippen LogP contribution >= 0.6 is 8.53 Å². The number of hydrogen-bond donors (Lipinski definition) is 0. The fourth-order valence-electron chi connectivity index (χ4n) is 3.26. The lowest BCUT2D eigenvalue weighted by atomic mass is 10.3. The summed E-state index contributed by atoms with van der Waals surface area (Å²) in [5.74, 6) is 0. The van der Waals surface area contributed by atoms with Gasteiger partial charge in [0.1, 0.15) is 6.29 Å². The van der Waals surface area contributed by atoms with Crippen LogP contribution < -0.4 is 0 Å². The Kier molecular flexibility index (Phi) is 32.4. The van der Waals surface area contributed by atoms with E-state index in [0.717, 1.165) is 6.29 Å². The van der Waals surface area contributed by atoms with Crippen molar-refractivity contribution < 1.29 is 51.7 Å². The summed E-state index contributed by atoms with van der Waals surface area (Å²) in [4.78, 5) is 10.1. The first-order valence-electron chi connectivity index (χ1n) is 14.8. The zero-order chi connectivity index (χ0) is 30.9. The normalized spacial score (nSPS) is 12.4. The molecule has 0 aliphatic heterocycles. The summed E-state index contributed by atoms with van der Waals surface area (Å²) in [6, 6.07) is 2.63. The Morgan fingerprint density at radius 3 is 1.17 bits per heavy atom. The maximum Gasteiger partial charge on any atom is 0.259 e. The van der Waals surface area contributed by atoms with Gasteiger partial charge in [-0.05, 0) is 27.7 Å². The van der Waals surface area contributed by atoms with Crippen molar-refractivity contribution in [3.8, 4) is 6.07 Å². The van der Waals surface area contributed by atoms with Crippen LogP contribution in [-0.2, 0) is 51.7 Å². The second-order valence-electron chi connectivity index (χ2n) is 9.23. The van der Waals surface area contributed by atoms with Crippen molar-refractivity contribution in [1.82, 2.24) is 4.67 Å². The van der Waals surface area contributed by atoms with Gasteiger partial charge in [0.2, 0.25) is 0 Å². The molecule has 0 heterocycles. The molecule has 0 aromatic heterocycles. The molecule has 0 saturated heterocycles. The van der Waals surface area contributed by atoms with Crippen molar-refractivity contribution in [3.63, 3.8) is 0 Å². The molecule has 0 aromatic rings. The maximum atomic E-state index is 10.1. The van der Waals surface area contributed by atoms with E-state index < -0.39 is 8.53 Å². The van der Waals surface area contributed by atoms with E-state index in [1.807, 2.05) is 0 Å². The van der Waals surface area contributed by atoms with E-state index in [2.05, 4.69) is 38.4 Å². The maximum absolute atomic E-state index is 10.1. The first kappa shape index (κ1) is 41.1. The molecule has 42 heavy (non-hydrogen) atoms. The summed E-state index contributed by atoms with van der Waals surface area (Å²) in [6.45, 7) is 16.9. The lowest BCUT2D eigenvalue weighted by Crippen LogP contribution is -2.34. The van der Waals surface area contributed by atoms with Crippen LogP contribution in [0.4, 0.5) is 0 Å². The van der Waals surface area contributed by atoms with E-state index >= 15 is 0 Å². The fraction of sp³-hybridized carbons (Fsp3) is 0.929. The predicted octanol–water partition coefficient (Wildman–Crippen LogP) is 3.00. The molecule has 0 aliphatic carbocycles. The molecule has 1 unspecified atom stereocenters. The molecule has 0 fully saturated rings. The topological polar surface area (TPSA) is 136 Å². The van der Waals surface area contributed by atoms with E-state index in [1.54, 1.807) is 0 Å². The second kappa shape index (κ2) is 33.1. The number of nitrogens with zero attached hydrogens (tertiary/aromatic N) is 2. The van der Waals surface area contributed by atoms with Crippen LogP contribution in [0.2, 0.25) is 0 Å². The van der Waals surface area contributed by atoms with Gasteiger partial charge in [0.05, 0.1) is 131 Å². The summed E-state index contributed by atoms with van der Waals surface area (Å²) in [5, 5.41) is 8.78. The number of carbonyl (C=O) groups excluding carboxylic acids is 1. The van der Waals surface area contributed by atoms with Gasteiger partial charge in [-0.1, -0.05) is 0 Å². The second-order valence-corrected chi connectivity index (χ2v) is 10.7. The quantitative estimate of drug-likeness (QED) is 0.0589. The van der Waals surface area contributed by atoms with Crippen molar-refractivity contribution in [3.05, 3.63) is 0 Å². The smallest absolute Gasteiger partial charge is 0.259 e. The average molecular weight is 627 g/mol. The molecule has 248 valence electrons. The van der Waals surface area contributed by atoms with Crippen LogP contribution in [0.25, 0.3) is 0 Å².